The van der Waals surface area contributed by atoms with Gasteiger partial charge in [-0.05, 0) is 25.1 Å². The van der Waals surface area contributed by atoms with Crippen LogP contribution < -0.4 is 10.6 Å². The predicted molar refractivity (Wildman–Crippen MR) is 54.2 cm³/mol. The van der Waals surface area contributed by atoms with Gasteiger partial charge in [-0.15, -0.1) is 0 Å². The molecule has 1 aromatic rings. The highest BCUT2D eigenvalue weighted by molar-refractivity contribution is 5.92. The SMILES string of the molecule is Cn1cccc1C(=O)N[C@@H]1CCNC1. The van der Waals surface area contributed by atoms with E-state index >= 15 is 0 Å². The lowest BCUT2D eigenvalue weighted by Crippen LogP contribution is -2.36. The average Bonchev–Trinajstić information content (AvgIpc) is 2.75. The summed E-state index contributed by atoms with van der Waals surface area (Å²) in [7, 11) is 1.88. The highest BCUT2D eigenvalue weighted by atomic mass is 16.2. The van der Waals surface area contributed by atoms with Gasteiger partial charge in [0.1, 0.15) is 5.69 Å². The third kappa shape index (κ3) is 1.80. The molecule has 0 radical (unpaired) electrons. The van der Waals surface area contributed by atoms with Crippen LogP contribution in [0, 0.1) is 0 Å². The lowest BCUT2D eigenvalue weighted by Gasteiger charge is -2.11. The van der Waals surface area contributed by atoms with Crippen LogP contribution in [-0.4, -0.2) is 29.6 Å². The molecule has 4 nitrogen and oxygen atoms in total. The van der Waals surface area contributed by atoms with Crippen LogP contribution >= 0.6 is 0 Å². The molecule has 0 saturated carbocycles. The van der Waals surface area contributed by atoms with E-state index in [1.54, 1.807) is 0 Å². The Hall–Kier alpha value is -1.29. The van der Waals surface area contributed by atoms with Crippen molar-refractivity contribution >= 4 is 5.91 Å². The first kappa shape index (κ1) is 9.27. The van der Waals surface area contributed by atoms with Crippen molar-refractivity contribution < 1.29 is 4.79 Å². The van der Waals surface area contributed by atoms with Gasteiger partial charge < -0.3 is 15.2 Å². The van der Waals surface area contributed by atoms with Crippen LogP contribution in [0.4, 0.5) is 0 Å². The highest BCUT2D eigenvalue weighted by Gasteiger charge is 2.18. The molecule has 1 aliphatic rings. The number of rotatable bonds is 2. The van der Waals surface area contributed by atoms with Gasteiger partial charge in [0.2, 0.25) is 0 Å². The number of aromatic nitrogens is 1. The van der Waals surface area contributed by atoms with Crippen molar-refractivity contribution in [2.45, 2.75) is 12.5 Å². The number of hydrogen-bond donors (Lipinski definition) is 2. The van der Waals surface area contributed by atoms with E-state index in [0.717, 1.165) is 25.2 Å². The summed E-state index contributed by atoms with van der Waals surface area (Å²) < 4.78 is 1.83. The van der Waals surface area contributed by atoms with Crippen molar-refractivity contribution in [2.24, 2.45) is 7.05 Å². The number of aryl methyl sites for hydroxylation is 1. The first-order valence-corrected chi connectivity index (χ1v) is 4.90. The van der Waals surface area contributed by atoms with Crippen molar-refractivity contribution in [1.82, 2.24) is 15.2 Å². The zero-order chi connectivity index (χ0) is 9.97. The third-order valence-corrected chi connectivity index (χ3v) is 2.57. The molecule has 0 aliphatic carbocycles. The van der Waals surface area contributed by atoms with E-state index in [2.05, 4.69) is 10.6 Å². The summed E-state index contributed by atoms with van der Waals surface area (Å²) in [5.41, 5.74) is 0.719. The molecule has 2 N–H and O–H groups in total. The van der Waals surface area contributed by atoms with Crippen LogP contribution in [0.25, 0.3) is 0 Å². The first-order valence-electron chi connectivity index (χ1n) is 4.90. The zero-order valence-electron chi connectivity index (χ0n) is 8.29. The molecule has 0 unspecified atom stereocenters. The normalized spacial score (nSPS) is 21.1. The first-order chi connectivity index (χ1) is 6.77. The Labute approximate surface area is 83.3 Å². The minimum Gasteiger partial charge on any atom is -0.347 e. The number of nitrogens with one attached hydrogen (secondary N) is 2. The molecule has 0 spiro atoms. The number of hydrogen-bond acceptors (Lipinski definition) is 2. The van der Waals surface area contributed by atoms with Crippen molar-refractivity contribution in [3.8, 4) is 0 Å². The molecule has 14 heavy (non-hydrogen) atoms. The molecule has 2 rings (SSSR count). The molecule has 0 bridgehead atoms. The van der Waals surface area contributed by atoms with Crippen LogP contribution in [0.5, 0.6) is 0 Å². The number of carbonyl (C=O) groups excluding carboxylic acids is 1. The van der Waals surface area contributed by atoms with Gasteiger partial charge in [0.05, 0.1) is 0 Å². The number of nitrogens with zero attached hydrogens (tertiary/aromatic N) is 1. The molecule has 4 heteroatoms. The van der Waals surface area contributed by atoms with Gasteiger partial charge in [0.25, 0.3) is 5.91 Å². The Morgan fingerprint density at radius 1 is 1.71 bits per heavy atom. The van der Waals surface area contributed by atoms with E-state index in [9.17, 15) is 4.79 Å². The molecule has 1 amide bonds. The Morgan fingerprint density at radius 2 is 2.57 bits per heavy atom. The van der Waals surface area contributed by atoms with Crippen molar-refractivity contribution in [3.05, 3.63) is 24.0 Å². The van der Waals surface area contributed by atoms with Gasteiger partial charge >= 0.3 is 0 Å². The van der Waals surface area contributed by atoms with Crippen LogP contribution in [0.3, 0.4) is 0 Å². The smallest absolute Gasteiger partial charge is 0.268 e. The van der Waals surface area contributed by atoms with Crippen molar-refractivity contribution in [2.75, 3.05) is 13.1 Å². The number of amides is 1. The summed E-state index contributed by atoms with van der Waals surface area (Å²) in [4.78, 5) is 11.7. The quantitative estimate of drug-likeness (QED) is 0.700. The summed E-state index contributed by atoms with van der Waals surface area (Å²) in [5.74, 6) is 0.0196. The van der Waals surface area contributed by atoms with Crippen LogP contribution in [0.2, 0.25) is 0 Å². The lowest BCUT2D eigenvalue weighted by atomic mass is 10.2. The topological polar surface area (TPSA) is 46.1 Å². The average molecular weight is 193 g/mol. The Balaban J connectivity index is 1.98. The second-order valence-corrected chi connectivity index (χ2v) is 3.67. The van der Waals surface area contributed by atoms with Gasteiger partial charge in [-0.3, -0.25) is 4.79 Å². The fourth-order valence-corrected chi connectivity index (χ4v) is 1.73. The molecule has 1 aliphatic heterocycles. The Kier molecular flexibility index (Phi) is 2.54. The van der Waals surface area contributed by atoms with E-state index in [1.807, 2.05) is 29.9 Å². The minimum atomic E-state index is 0.0196. The summed E-state index contributed by atoms with van der Waals surface area (Å²) in [5, 5.41) is 6.22. The molecule has 2 heterocycles. The maximum absolute atomic E-state index is 11.7. The van der Waals surface area contributed by atoms with Crippen LogP contribution in [-0.2, 0) is 7.05 Å². The maximum atomic E-state index is 11.7. The Morgan fingerprint density at radius 3 is 3.14 bits per heavy atom. The van der Waals surface area contributed by atoms with Crippen LogP contribution in [0.1, 0.15) is 16.9 Å². The number of carbonyl (C=O) groups is 1. The molecular weight excluding hydrogens is 178 g/mol. The van der Waals surface area contributed by atoms with Crippen LogP contribution in [0.15, 0.2) is 18.3 Å². The summed E-state index contributed by atoms with van der Waals surface area (Å²) in [6.45, 7) is 1.88. The zero-order valence-corrected chi connectivity index (χ0v) is 8.29. The standard InChI is InChI=1S/C10H15N3O/c1-13-6-2-3-9(13)10(14)12-8-4-5-11-7-8/h2-3,6,8,11H,4-5,7H2,1H3,(H,12,14)/t8-/m1/s1. The van der Waals surface area contributed by atoms with E-state index in [1.165, 1.54) is 0 Å². The molecule has 1 aromatic heterocycles. The monoisotopic (exact) mass is 193 g/mol. The predicted octanol–water partition coefficient (Wildman–Crippen LogP) is 0.117. The summed E-state index contributed by atoms with van der Waals surface area (Å²) >= 11 is 0. The molecule has 1 saturated heterocycles. The van der Waals surface area contributed by atoms with E-state index < -0.39 is 0 Å². The molecule has 0 aromatic carbocycles. The second kappa shape index (κ2) is 3.84. The fourth-order valence-electron chi connectivity index (χ4n) is 1.73. The van der Waals surface area contributed by atoms with Gasteiger partial charge in [-0.2, -0.15) is 0 Å². The Bertz CT molecular complexity index is 326. The minimum absolute atomic E-state index is 0.0196. The lowest BCUT2D eigenvalue weighted by molar-refractivity contribution is 0.0932. The van der Waals surface area contributed by atoms with Gasteiger partial charge in [0.15, 0.2) is 0 Å². The van der Waals surface area contributed by atoms with Gasteiger partial charge in [-0.1, -0.05) is 0 Å². The van der Waals surface area contributed by atoms with Crippen molar-refractivity contribution in [3.63, 3.8) is 0 Å². The van der Waals surface area contributed by atoms with E-state index in [0.29, 0.717) is 0 Å². The highest BCUT2D eigenvalue weighted by Crippen LogP contribution is 2.02. The maximum Gasteiger partial charge on any atom is 0.268 e. The second-order valence-electron chi connectivity index (χ2n) is 3.67. The largest absolute Gasteiger partial charge is 0.347 e. The van der Waals surface area contributed by atoms with Gasteiger partial charge in [0, 0.05) is 25.8 Å². The molecular formula is C10H15N3O. The van der Waals surface area contributed by atoms with E-state index in [4.69, 9.17) is 0 Å². The van der Waals surface area contributed by atoms with Gasteiger partial charge in [-0.25, -0.2) is 0 Å². The molecule has 76 valence electrons. The van der Waals surface area contributed by atoms with Crippen molar-refractivity contribution in [1.29, 1.82) is 0 Å². The summed E-state index contributed by atoms with van der Waals surface area (Å²) in [6.07, 6.45) is 2.90. The third-order valence-electron chi connectivity index (χ3n) is 2.57. The summed E-state index contributed by atoms with van der Waals surface area (Å²) in [6, 6.07) is 4.00. The molecule has 1 atom stereocenters. The van der Waals surface area contributed by atoms with E-state index in [-0.39, 0.29) is 11.9 Å². The fraction of sp³-hybridized carbons (Fsp3) is 0.500. The molecule has 1 fully saturated rings.